The fraction of sp³-hybridized carbons (Fsp3) is 0. The van der Waals surface area contributed by atoms with Crippen LogP contribution in [-0.2, 0) is 0 Å². The molecule has 0 radical (unpaired) electrons. The summed E-state index contributed by atoms with van der Waals surface area (Å²) < 4.78 is 1.60. The summed E-state index contributed by atoms with van der Waals surface area (Å²) in [6.45, 7) is 0. The number of rotatable bonds is 0. The molecular formula is C6H5N3O. The molecule has 0 saturated heterocycles. The summed E-state index contributed by atoms with van der Waals surface area (Å²) in [5.74, 6) is 0. The first-order valence-electron chi connectivity index (χ1n) is 2.89. The molecule has 4 nitrogen and oxygen atoms in total. The fourth-order valence-electron chi connectivity index (χ4n) is 0.845. The zero-order valence-corrected chi connectivity index (χ0v) is 5.11. The molecule has 50 valence electrons. The van der Waals surface area contributed by atoms with Gasteiger partial charge in [0.05, 0.1) is 0 Å². The normalized spacial score (nSPS) is 10.4. The molecule has 0 saturated carbocycles. The van der Waals surface area contributed by atoms with Crippen molar-refractivity contribution in [1.82, 2.24) is 14.6 Å². The molecule has 1 N–H and O–H groups in total. The van der Waals surface area contributed by atoms with Crippen molar-refractivity contribution < 1.29 is 0 Å². The van der Waals surface area contributed by atoms with E-state index in [0.717, 1.165) is 0 Å². The van der Waals surface area contributed by atoms with Crippen LogP contribution in [0.5, 0.6) is 0 Å². The number of aromatic amines is 1. The van der Waals surface area contributed by atoms with E-state index < -0.39 is 0 Å². The highest BCUT2D eigenvalue weighted by atomic mass is 16.1. The molecule has 2 aromatic heterocycles. The van der Waals surface area contributed by atoms with Crippen LogP contribution in [0.2, 0.25) is 0 Å². The number of aromatic nitrogens is 3. The Labute approximate surface area is 56.1 Å². The van der Waals surface area contributed by atoms with E-state index in [0.29, 0.717) is 5.65 Å². The summed E-state index contributed by atoms with van der Waals surface area (Å²) in [5, 5.41) is 3.81. The number of fused-ring (bicyclic) bond motifs is 1. The van der Waals surface area contributed by atoms with Gasteiger partial charge in [-0.25, -0.2) is 4.52 Å². The first-order valence-corrected chi connectivity index (χ1v) is 2.89. The van der Waals surface area contributed by atoms with Gasteiger partial charge in [-0.2, -0.15) is 5.10 Å². The average Bonchev–Trinajstić information content (AvgIpc) is 2.33. The summed E-state index contributed by atoms with van der Waals surface area (Å²) in [7, 11) is 0. The van der Waals surface area contributed by atoms with E-state index in [1.54, 1.807) is 16.8 Å². The minimum Gasteiger partial charge on any atom is -0.306 e. The third-order valence-corrected chi connectivity index (χ3v) is 1.28. The molecule has 0 aromatic carbocycles. The molecule has 0 amide bonds. The van der Waals surface area contributed by atoms with E-state index in [9.17, 15) is 4.79 Å². The number of hydrogen-bond donors (Lipinski definition) is 1. The van der Waals surface area contributed by atoms with Gasteiger partial charge in [-0.15, -0.1) is 0 Å². The highest BCUT2D eigenvalue weighted by Crippen LogP contribution is 1.92. The molecule has 2 heterocycles. The first kappa shape index (κ1) is 5.22. The standard InChI is InChI=1S/C6H5N3O/c10-6-4-7-9-3-1-2-5(9)8-6/h1-4H,(H,8,10). The third-order valence-electron chi connectivity index (χ3n) is 1.28. The van der Waals surface area contributed by atoms with Crippen LogP contribution >= 0.6 is 0 Å². The SMILES string of the molecule is O=c1cnn2cccc2[nH]1. The van der Waals surface area contributed by atoms with Crippen LogP contribution in [0.4, 0.5) is 0 Å². The van der Waals surface area contributed by atoms with E-state index in [4.69, 9.17) is 0 Å². The zero-order chi connectivity index (χ0) is 6.97. The van der Waals surface area contributed by atoms with E-state index in [-0.39, 0.29) is 5.56 Å². The lowest BCUT2D eigenvalue weighted by molar-refractivity contribution is 0.895. The highest BCUT2D eigenvalue weighted by molar-refractivity contribution is 5.35. The predicted octanol–water partition coefficient (Wildman–Crippen LogP) is 0.0226. The lowest BCUT2D eigenvalue weighted by atomic mass is 10.6. The molecule has 0 aliphatic heterocycles. The number of H-pyrrole nitrogens is 1. The van der Waals surface area contributed by atoms with Gasteiger partial charge in [-0.1, -0.05) is 0 Å². The second-order valence-electron chi connectivity index (χ2n) is 1.97. The molecule has 0 fully saturated rings. The number of nitrogens with zero attached hydrogens (tertiary/aromatic N) is 2. The van der Waals surface area contributed by atoms with E-state index in [1.165, 1.54) is 6.20 Å². The van der Waals surface area contributed by atoms with Crippen LogP contribution in [0.1, 0.15) is 0 Å². The zero-order valence-electron chi connectivity index (χ0n) is 5.11. The Morgan fingerprint density at radius 3 is 3.40 bits per heavy atom. The summed E-state index contributed by atoms with van der Waals surface area (Å²) >= 11 is 0. The Balaban J connectivity index is 2.99. The summed E-state index contributed by atoms with van der Waals surface area (Å²) in [6.07, 6.45) is 3.01. The van der Waals surface area contributed by atoms with Crippen molar-refractivity contribution in [3.05, 3.63) is 34.9 Å². The second kappa shape index (κ2) is 1.70. The minimum absolute atomic E-state index is 0.175. The van der Waals surface area contributed by atoms with Gasteiger partial charge in [0.1, 0.15) is 11.8 Å². The van der Waals surface area contributed by atoms with Gasteiger partial charge in [0.2, 0.25) is 0 Å². The Bertz CT molecular complexity index is 400. The van der Waals surface area contributed by atoms with E-state index in [2.05, 4.69) is 10.1 Å². The van der Waals surface area contributed by atoms with Crippen LogP contribution in [-0.4, -0.2) is 14.6 Å². The van der Waals surface area contributed by atoms with Crippen molar-refractivity contribution >= 4 is 5.65 Å². The number of hydrogen-bond acceptors (Lipinski definition) is 2. The van der Waals surface area contributed by atoms with Gasteiger partial charge in [-0.05, 0) is 12.1 Å². The molecule has 2 aromatic rings. The van der Waals surface area contributed by atoms with Crippen LogP contribution in [0.25, 0.3) is 5.65 Å². The molecular weight excluding hydrogens is 130 g/mol. The van der Waals surface area contributed by atoms with Crippen molar-refractivity contribution in [2.45, 2.75) is 0 Å². The van der Waals surface area contributed by atoms with Crippen molar-refractivity contribution in [2.75, 3.05) is 0 Å². The maximum atomic E-state index is 10.6. The first-order chi connectivity index (χ1) is 4.86. The van der Waals surface area contributed by atoms with Gasteiger partial charge in [0.25, 0.3) is 5.56 Å². The Morgan fingerprint density at radius 2 is 2.50 bits per heavy atom. The predicted molar refractivity (Wildman–Crippen MR) is 35.8 cm³/mol. The molecule has 2 rings (SSSR count). The van der Waals surface area contributed by atoms with Gasteiger partial charge < -0.3 is 4.98 Å². The lowest BCUT2D eigenvalue weighted by Gasteiger charge is -1.88. The van der Waals surface area contributed by atoms with Gasteiger partial charge in [0, 0.05) is 6.20 Å². The Hall–Kier alpha value is -1.58. The fourth-order valence-corrected chi connectivity index (χ4v) is 0.845. The van der Waals surface area contributed by atoms with Crippen molar-refractivity contribution in [1.29, 1.82) is 0 Å². The maximum Gasteiger partial charge on any atom is 0.269 e. The smallest absolute Gasteiger partial charge is 0.269 e. The summed E-state index contributed by atoms with van der Waals surface area (Å²) in [6, 6.07) is 3.60. The molecule has 0 aliphatic rings. The summed E-state index contributed by atoms with van der Waals surface area (Å²) in [4.78, 5) is 13.3. The van der Waals surface area contributed by atoms with Gasteiger partial charge in [0.15, 0.2) is 0 Å². The van der Waals surface area contributed by atoms with Crippen LogP contribution < -0.4 is 5.56 Å². The Morgan fingerprint density at radius 1 is 1.60 bits per heavy atom. The van der Waals surface area contributed by atoms with Crippen molar-refractivity contribution in [3.8, 4) is 0 Å². The molecule has 0 unspecified atom stereocenters. The largest absolute Gasteiger partial charge is 0.306 e. The molecule has 0 aliphatic carbocycles. The monoisotopic (exact) mass is 135 g/mol. The van der Waals surface area contributed by atoms with Crippen LogP contribution in [0.3, 0.4) is 0 Å². The third kappa shape index (κ3) is 0.621. The van der Waals surface area contributed by atoms with Crippen LogP contribution in [0, 0.1) is 0 Å². The molecule has 0 spiro atoms. The minimum atomic E-state index is -0.175. The highest BCUT2D eigenvalue weighted by Gasteiger charge is 1.89. The Kier molecular flexibility index (Phi) is 0.887. The van der Waals surface area contributed by atoms with Gasteiger partial charge >= 0.3 is 0 Å². The van der Waals surface area contributed by atoms with Crippen molar-refractivity contribution in [3.63, 3.8) is 0 Å². The van der Waals surface area contributed by atoms with Gasteiger partial charge in [-0.3, -0.25) is 4.79 Å². The summed E-state index contributed by atoms with van der Waals surface area (Å²) in [5.41, 5.74) is 0.540. The van der Waals surface area contributed by atoms with Crippen LogP contribution in [0.15, 0.2) is 29.3 Å². The quantitative estimate of drug-likeness (QED) is 0.553. The molecule has 10 heavy (non-hydrogen) atoms. The maximum absolute atomic E-state index is 10.6. The average molecular weight is 135 g/mol. The topological polar surface area (TPSA) is 50.2 Å². The second-order valence-corrected chi connectivity index (χ2v) is 1.97. The van der Waals surface area contributed by atoms with Crippen molar-refractivity contribution in [2.24, 2.45) is 0 Å². The molecule has 0 atom stereocenters. The van der Waals surface area contributed by atoms with E-state index in [1.807, 2.05) is 6.07 Å². The molecule has 0 bridgehead atoms. The number of nitrogens with one attached hydrogen (secondary N) is 1. The lowest BCUT2D eigenvalue weighted by Crippen LogP contribution is -2.07. The van der Waals surface area contributed by atoms with E-state index >= 15 is 0 Å². The molecule has 4 heteroatoms.